The molecule has 2 atom stereocenters. The Morgan fingerprint density at radius 1 is 0.607 bits per heavy atom. The highest BCUT2D eigenvalue weighted by molar-refractivity contribution is 9.26. The molecule has 0 aliphatic carbocycles. The molecule has 0 aliphatic heterocycles. The Labute approximate surface area is 195 Å². The van der Waals surface area contributed by atoms with Crippen LogP contribution in [0.15, 0.2) is 0 Å². The van der Waals surface area contributed by atoms with Gasteiger partial charge in [0, 0.05) is 37.2 Å². The molecule has 8 heteroatoms. The van der Waals surface area contributed by atoms with Gasteiger partial charge in [0.05, 0.1) is 17.6 Å². The van der Waals surface area contributed by atoms with E-state index < -0.39 is 17.6 Å². The quantitative estimate of drug-likeness (QED) is 0.0905. The number of methoxy groups -OCH3 is 2. The maximum Gasteiger partial charge on any atom is 0.0711 e. The van der Waals surface area contributed by atoms with Crippen molar-refractivity contribution in [3.8, 4) is 0 Å². The van der Waals surface area contributed by atoms with Crippen LogP contribution < -0.4 is 0 Å². The van der Waals surface area contributed by atoms with Crippen LogP contribution in [0.4, 0.5) is 0 Å². The minimum Gasteiger partial charge on any atom is -0.385 e. The van der Waals surface area contributed by atoms with Crippen molar-refractivity contribution in [3.63, 3.8) is 0 Å². The lowest BCUT2D eigenvalue weighted by Crippen LogP contribution is -2.31. The Bertz CT molecular complexity index is 293. The predicted octanol–water partition coefficient (Wildman–Crippen LogP) is 7.65. The summed E-state index contributed by atoms with van der Waals surface area (Å²) < 4.78 is 11.5. The highest BCUT2D eigenvalue weighted by atomic mass is 33.7. The number of ether oxygens (including phenoxy) is 2. The van der Waals surface area contributed by atoms with Crippen LogP contribution in [0.1, 0.15) is 66.2 Å². The van der Waals surface area contributed by atoms with Crippen LogP contribution in [-0.2, 0) is 9.47 Å². The van der Waals surface area contributed by atoms with Crippen LogP contribution in [0.25, 0.3) is 0 Å². The Kier molecular flexibility index (Phi) is 23.3. The molecule has 0 amide bonds. The van der Waals surface area contributed by atoms with Crippen LogP contribution in [0.3, 0.4) is 0 Å². The maximum atomic E-state index is 5.77. The molecule has 0 radical (unpaired) electrons. The van der Waals surface area contributed by atoms with Gasteiger partial charge >= 0.3 is 0 Å². The van der Waals surface area contributed by atoms with Crippen molar-refractivity contribution in [1.29, 1.82) is 0 Å². The highest BCUT2D eigenvalue weighted by Gasteiger charge is 2.19. The third-order valence-corrected chi connectivity index (χ3v) is 20.0. The van der Waals surface area contributed by atoms with E-state index in [4.69, 9.17) is 9.47 Å². The number of rotatable bonds is 21. The summed E-state index contributed by atoms with van der Waals surface area (Å²) >= 11 is 0. The van der Waals surface area contributed by atoms with E-state index in [0.29, 0.717) is 11.5 Å². The summed E-state index contributed by atoms with van der Waals surface area (Å²) in [4.78, 5) is 0. The molecule has 0 fully saturated rings. The second-order valence-electron chi connectivity index (χ2n) is 7.47. The topological polar surface area (TPSA) is 18.5 Å². The Hall–Kier alpha value is 1.75. The zero-order chi connectivity index (χ0) is 21.0. The van der Waals surface area contributed by atoms with E-state index in [1.54, 1.807) is 0 Å². The van der Waals surface area contributed by atoms with Gasteiger partial charge in [-0.2, -0.15) is 0 Å². The molecular formula is C20H46O2S4Si2. The summed E-state index contributed by atoms with van der Waals surface area (Å²) in [5.41, 5.74) is 1.20. The Morgan fingerprint density at radius 3 is 1.25 bits per heavy atom. The first kappa shape index (κ1) is 29.8. The van der Waals surface area contributed by atoms with Crippen molar-refractivity contribution in [1.82, 2.24) is 0 Å². The molecule has 0 N–H and O–H groups in total. The zero-order valence-electron chi connectivity index (χ0n) is 19.2. The van der Waals surface area contributed by atoms with E-state index in [2.05, 4.69) is 27.7 Å². The Balaban J connectivity index is 3.51. The van der Waals surface area contributed by atoms with Crippen LogP contribution in [0.5, 0.6) is 0 Å². The summed E-state index contributed by atoms with van der Waals surface area (Å²) in [5, 5.41) is 0. The smallest absolute Gasteiger partial charge is 0.0711 e. The van der Waals surface area contributed by atoms with Crippen molar-refractivity contribution in [2.24, 2.45) is 0 Å². The molecule has 0 bridgehead atoms. The number of hydrogen-bond donors (Lipinski definition) is 0. The normalized spacial score (nSPS) is 14.1. The molecule has 0 aromatic rings. The van der Waals surface area contributed by atoms with Gasteiger partial charge in [0.2, 0.25) is 0 Å². The van der Waals surface area contributed by atoms with Gasteiger partial charge in [-0.3, -0.25) is 0 Å². The monoisotopic (exact) mass is 502 g/mol. The molecule has 170 valence electrons. The van der Waals surface area contributed by atoms with Gasteiger partial charge in [0.25, 0.3) is 0 Å². The largest absolute Gasteiger partial charge is 0.385 e. The SMILES string of the molecule is CC[SiH](CC)C(CCCCSSSSCCCCC(OC)[SiH](CC)CC)OC. The van der Waals surface area contributed by atoms with E-state index in [-0.39, 0.29) is 0 Å². The zero-order valence-corrected chi connectivity index (χ0v) is 24.8. The van der Waals surface area contributed by atoms with Crippen LogP contribution in [0.2, 0.25) is 24.2 Å². The van der Waals surface area contributed by atoms with Crippen molar-refractivity contribution in [3.05, 3.63) is 0 Å². The molecule has 0 heterocycles. The molecule has 0 saturated carbocycles. The first-order valence-corrected chi connectivity index (χ1v) is 21.1. The minimum absolute atomic E-state index is 0.600. The maximum absolute atomic E-state index is 5.77. The molecule has 0 spiro atoms. The van der Waals surface area contributed by atoms with Gasteiger partial charge in [-0.1, -0.05) is 86.3 Å². The van der Waals surface area contributed by atoms with Gasteiger partial charge in [-0.15, -0.1) is 0 Å². The summed E-state index contributed by atoms with van der Waals surface area (Å²) in [6.45, 7) is 9.38. The third-order valence-electron chi connectivity index (χ3n) is 5.81. The van der Waals surface area contributed by atoms with Gasteiger partial charge in [0.15, 0.2) is 0 Å². The second-order valence-corrected chi connectivity index (χ2v) is 21.5. The van der Waals surface area contributed by atoms with E-state index in [1.165, 1.54) is 74.2 Å². The van der Waals surface area contributed by atoms with E-state index in [0.717, 1.165) is 0 Å². The molecule has 0 saturated heterocycles. The minimum atomic E-state index is -0.657. The molecule has 2 unspecified atom stereocenters. The lowest BCUT2D eigenvalue weighted by molar-refractivity contribution is 0.150. The van der Waals surface area contributed by atoms with E-state index in [9.17, 15) is 0 Å². The average molecular weight is 503 g/mol. The first-order valence-electron chi connectivity index (χ1n) is 11.3. The summed E-state index contributed by atoms with van der Waals surface area (Å²) in [5.74, 6) is 2.55. The second kappa shape index (κ2) is 22.0. The molecule has 0 rings (SSSR count). The molecule has 2 nitrogen and oxygen atoms in total. The third kappa shape index (κ3) is 14.7. The number of unbranched alkanes of at least 4 members (excludes halogenated alkanes) is 2. The molecular weight excluding hydrogens is 457 g/mol. The summed E-state index contributed by atoms with van der Waals surface area (Å²) in [6, 6.07) is 5.50. The van der Waals surface area contributed by atoms with E-state index >= 15 is 0 Å². The number of hydrogen-bond acceptors (Lipinski definition) is 6. The lowest BCUT2D eigenvalue weighted by Gasteiger charge is -2.22. The van der Waals surface area contributed by atoms with Gasteiger partial charge < -0.3 is 9.47 Å². The first-order chi connectivity index (χ1) is 13.7. The van der Waals surface area contributed by atoms with Gasteiger partial charge in [0.1, 0.15) is 0 Å². The fourth-order valence-corrected chi connectivity index (χ4v) is 15.5. The average Bonchev–Trinajstić information content (AvgIpc) is 2.73. The van der Waals surface area contributed by atoms with Crippen LogP contribution in [-0.4, -0.2) is 54.8 Å². The standard InChI is InChI=1S/C20H46O2S4Si2/c1-7-27(8-2)19(21-5)15-11-13-17-23-25-26-24-18-14-12-16-20(22-6)28(9-3)10-4/h19-20,27-28H,7-18H2,1-6H3. The predicted molar refractivity (Wildman–Crippen MR) is 146 cm³/mol. The fourth-order valence-electron chi connectivity index (χ4n) is 3.84. The molecule has 0 aromatic heterocycles. The van der Waals surface area contributed by atoms with Gasteiger partial charge in [-0.05, 0) is 45.3 Å². The van der Waals surface area contributed by atoms with Crippen molar-refractivity contribution in [2.75, 3.05) is 25.7 Å². The molecule has 0 aromatic carbocycles. The fraction of sp³-hybridized carbons (Fsp3) is 1.00. The lowest BCUT2D eigenvalue weighted by atomic mass is 10.3. The highest BCUT2D eigenvalue weighted by Crippen LogP contribution is 2.43. The summed E-state index contributed by atoms with van der Waals surface area (Å²) in [6.07, 6.45) is 7.88. The van der Waals surface area contributed by atoms with Crippen molar-refractivity contribution >= 4 is 58.8 Å². The Morgan fingerprint density at radius 2 is 0.964 bits per heavy atom. The summed E-state index contributed by atoms with van der Waals surface area (Å²) in [7, 11) is 10.5. The molecule has 0 aliphatic rings. The van der Waals surface area contributed by atoms with Crippen molar-refractivity contribution < 1.29 is 9.47 Å². The van der Waals surface area contributed by atoms with E-state index in [1.807, 2.05) is 55.5 Å². The van der Waals surface area contributed by atoms with Crippen LogP contribution in [0, 0.1) is 0 Å². The van der Waals surface area contributed by atoms with Gasteiger partial charge in [-0.25, -0.2) is 0 Å². The molecule has 28 heavy (non-hydrogen) atoms. The van der Waals surface area contributed by atoms with Crippen molar-refractivity contribution in [2.45, 2.75) is 102 Å². The van der Waals surface area contributed by atoms with Crippen LogP contribution >= 0.6 is 41.2 Å².